The van der Waals surface area contributed by atoms with E-state index in [-0.39, 0.29) is 34.4 Å². The fourth-order valence-corrected chi connectivity index (χ4v) is 6.03. The standard InChI is InChI=1S/C30H41NO4/c1-19(2)35-21-11-9-20(10-12-21)26-27-22(15-29(3,4)17-24(27)32)31(13-8-14-34-7)23-16-30(5,6)18-25(33)28(23)26/h9-12,19,26H,8,13-18H2,1-7H3. The van der Waals surface area contributed by atoms with Gasteiger partial charge in [-0.25, -0.2) is 0 Å². The van der Waals surface area contributed by atoms with E-state index >= 15 is 0 Å². The van der Waals surface area contributed by atoms with Gasteiger partial charge in [0.25, 0.3) is 0 Å². The summed E-state index contributed by atoms with van der Waals surface area (Å²) in [7, 11) is 1.72. The maximum absolute atomic E-state index is 13.8. The number of benzene rings is 1. The molecule has 35 heavy (non-hydrogen) atoms. The van der Waals surface area contributed by atoms with E-state index in [4.69, 9.17) is 9.47 Å². The fraction of sp³-hybridized carbons (Fsp3) is 0.600. The Balaban J connectivity index is 1.89. The Hall–Kier alpha value is -2.40. The summed E-state index contributed by atoms with van der Waals surface area (Å²) in [6.45, 7) is 14.1. The van der Waals surface area contributed by atoms with Gasteiger partial charge < -0.3 is 14.4 Å². The van der Waals surface area contributed by atoms with Gasteiger partial charge in [-0.1, -0.05) is 39.8 Å². The van der Waals surface area contributed by atoms with Gasteiger partial charge in [0.2, 0.25) is 0 Å². The van der Waals surface area contributed by atoms with Gasteiger partial charge >= 0.3 is 0 Å². The van der Waals surface area contributed by atoms with Gasteiger partial charge in [0.05, 0.1) is 6.10 Å². The third-order valence-corrected chi connectivity index (χ3v) is 7.34. The van der Waals surface area contributed by atoms with Crippen molar-refractivity contribution < 1.29 is 19.1 Å². The fourth-order valence-electron chi connectivity index (χ4n) is 6.03. The number of hydrogen-bond donors (Lipinski definition) is 0. The van der Waals surface area contributed by atoms with Crippen molar-refractivity contribution in [2.24, 2.45) is 10.8 Å². The number of rotatable bonds is 7. The Morgan fingerprint density at radius 2 is 1.40 bits per heavy atom. The number of allylic oxidation sites excluding steroid dienone is 4. The summed E-state index contributed by atoms with van der Waals surface area (Å²) in [6.07, 6.45) is 3.61. The van der Waals surface area contributed by atoms with Gasteiger partial charge in [-0.05, 0) is 61.6 Å². The Kier molecular flexibility index (Phi) is 7.02. The van der Waals surface area contributed by atoms with Crippen LogP contribution in [0.15, 0.2) is 46.8 Å². The summed E-state index contributed by atoms with van der Waals surface area (Å²) in [5.74, 6) is 0.838. The lowest BCUT2D eigenvalue weighted by molar-refractivity contribution is -0.119. The SMILES string of the molecule is COCCCN1C2=C(C(=O)CC(C)(C)C2)C(c2ccc(OC(C)C)cc2)C2=C1CC(C)(C)CC2=O. The van der Waals surface area contributed by atoms with E-state index in [2.05, 4.69) is 32.6 Å². The van der Waals surface area contributed by atoms with E-state index in [1.807, 2.05) is 38.1 Å². The van der Waals surface area contributed by atoms with Crippen molar-refractivity contribution in [3.63, 3.8) is 0 Å². The highest BCUT2D eigenvalue weighted by molar-refractivity contribution is 6.06. The van der Waals surface area contributed by atoms with E-state index in [1.165, 1.54) is 0 Å². The molecule has 0 unspecified atom stereocenters. The first-order valence-electron chi connectivity index (χ1n) is 13.0. The van der Waals surface area contributed by atoms with Crippen molar-refractivity contribution in [1.82, 2.24) is 4.90 Å². The zero-order chi connectivity index (χ0) is 25.5. The molecule has 0 aromatic heterocycles. The van der Waals surface area contributed by atoms with Crippen molar-refractivity contribution in [2.75, 3.05) is 20.3 Å². The Morgan fingerprint density at radius 1 is 0.886 bits per heavy atom. The van der Waals surface area contributed by atoms with Crippen LogP contribution in [0.25, 0.3) is 0 Å². The molecule has 0 atom stereocenters. The molecule has 1 aromatic carbocycles. The number of carbonyl (C=O) groups excluding carboxylic acids is 2. The Labute approximate surface area is 210 Å². The van der Waals surface area contributed by atoms with Crippen LogP contribution >= 0.6 is 0 Å². The van der Waals surface area contributed by atoms with Gasteiger partial charge in [-0.2, -0.15) is 0 Å². The summed E-state index contributed by atoms with van der Waals surface area (Å²) in [6, 6.07) is 8.01. The molecule has 1 aliphatic heterocycles. The lowest BCUT2D eigenvalue weighted by Crippen LogP contribution is -2.44. The maximum Gasteiger partial charge on any atom is 0.162 e. The van der Waals surface area contributed by atoms with Crippen LogP contribution in [-0.4, -0.2) is 42.8 Å². The summed E-state index contributed by atoms with van der Waals surface area (Å²) in [5, 5.41) is 0. The van der Waals surface area contributed by atoms with E-state index in [0.717, 1.165) is 59.7 Å². The Morgan fingerprint density at radius 3 is 1.86 bits per heavy atom. The molecule has 0 radical (unpaired) electrons. The number of methoxy groups -OCH3 is 1. The highest BCUT2D eigenvalue weighted by Crippen LogP contribution is 2.54. The van der Waals surface area contributed by atoms with Gasteiger partial charge in [-0.3, -0.25) is 9.59 Å². The molecule has 0 fully saturated rings. The minimum absolute atomic E-state index is 0.0871. The molecule has 0 amide bonds. The van der Waals surface area contributed by atoms with Crippen LogP contribution in [0, 0.1) is 10.8 Å². The van der Waals surface area contributed by atoms with Crippen LogP contribution in [0.5, 0.6) is 5.75 Å². The zero-order valence-electron chi connectivity index (χ0n) is 22.5. The van der Waals surface area contributed by atoms with Crippen LogP contribution in [0.3, 0.4) is 0 Å². The molecule has 5 heteroatoms. The molecule has 1 heterocycles. The summed E-state index contributed by atoms with van der Waals surface area (Å²) < 4.78 is 11.2. The van der Waals surface area contributed by atoms with Crippen LogP contribution in [0.4, 0.5) is 0 Å². The zero-order valence-corrected chi connectivity index (χ0v) is 22.5. The lowest BCUT2D eigenvalue weighted by atomic mass is 9.63. The van der Waals surface area contributed by atoms with E-state index in [0.29, 0.717) is 19.4 Å². The van der Waals surface area contributed by atoms with Crippen molar-refractivity contribution in [3.05, 3.63) is 52.4 Å². The van der Waals surface area contributed by atoms with Crippen LogP contribution < -0.4 is 4.74 Å². The molecule has 2 aliphatic carbocycles. The van der Waals surface area contributed by atoms with Crippen LogP contribution in [0.1, 0.15) is 85.1 Å². The maximum atomic E-state index is 13.8. The Bertz CT molecular complexity index is 1000. The predicted octanol–water partition coefficient (Wildman–Crippen LogP) is 6.20. The number of hydrogen-bond acceptors (Lipinski definition) is 5. The topological polar surface area (TPSA) is 55.8 Å². The predicted molar refractivity (Wildman–Crippen MR) is 138 cm³/mol. The molecule has 190 valence electrons. The molecule has 0 N–H and O–H groups in total. The molecule has 3 aliphatic rings. The lowest BCUT2D eigenvalue weighted by Gasteiger charge is -2.49. The minimum atomic E-state index is -0.307. The number of nitrogens with zero attached hydrogens (tertiary/aromatic N) is 1. The normalized spacial score (nSPS) is 22.0. The minimum Gasteiger partial charge on any atom is -0.491 e. The molecule has 0 saturated heterocycles. The first kappa shape index (κ1) is 25.7. The number of ether oxygens (including phenoxy) is 2. The molecule has 4 rings (SSSR count). The van der Waals surface area contributed by atoms with Gasteiger partial charge in [0, 0.05) is 61.6 Å². The smallest absolute Gasteiger partial charge is 0.162 e. The van der Waals surface area contributed by atoms with Gasteiger partial charge in [0.15, 0.2) is 11.6 Å². The second kappa shape index (κ2) is 9.57. The largest absolute Gasteiger partial charge is 0.491 e. The molecule has 1 aromatic rings. The van der Waals surface area contributed by atoms with E-state index in [9.17, 15) is 9.59 Å². The number of ketones is 2. The summed E-state index contributed by atoms with van der Waals surface area (Å²) in [5.41, 5.74) is 4.65. The average molecular weight is 480 g/mol. The second-order valence-corrected chi connectivity index (χ2v) is 12.3. The first-order chi connectivity index (χ1) is 16.4. The highest BCUT2D eigenvalue weighted by atomic mass is 16.5. The quantitative estimate of drug-likeness (QED) is 0.436. The van der Waals surface area contributed by atoms with Crippen molar-refractivity contribution in [2.45, 2.75) is 85.7 Å². The molecule has 0 saturated carbocycles. The molecule has 0 bridgehead atoms. The van der Waals surface area contributed by atoms with Crippen LogP contribution in [-0.2, 0) is 14.3 Å². The third kappa shape index (κ3) is 5.25. The molecule has 5 nitrogen and oxygen atoms in total. The molecule has 0 spiro atoms. The summed E-state index contributed by atoms with van der Waals surface area (Å²) >= 11 is 0. The van der Waals surface area contributed by atoms with E-state index < -0.39 is 0 Å². The summed E-state index contributed by atoms with van der Waals surface area (Å²) in [4.78, 5) is 29.8. The highest BCUT2D eigenvalue weighted by Gasteiger charge is 2.48. The monoisotopic (exact) mass is 479 g/mol. The van der Waals surface area contributed by atoms with Crippen molar-refractivity contribution >= 4 is 11.6 Å². The number of carbonyl (C=O) groups is 2. The first-order valence-corrected chi connectivity index (χ1v) is 13.0. The average Bonchev–Trinajstić information content (AvgIpc) is 2.73. The third-order valence-electron chi connectivity index (χ3n) is 7.34. The van der Waals surface area contributed by atoms with Crippen molar-refractivity contribution in [1.29, 1.82) is 0 Å². The molecular formula is C30H41NO4. The van der Waals surface area contributed by atoms with Crippen molar-refractivity contribution in [3.8, 4) is 5.75 Å². The van der Waals surface area contributed by atoms with Crippen LogP contribution in [0.2, 0.25) is 0 Å². The van der Waals surface area contributed by atoms with Gasteiger partial charge in [0.1, 0.15) is 5.75 Å². The second-order valence-electron chi connectivity index (χ2n) is 12.3. The van der Waals surface area contributed by atoms with E-state index in [1.54, 1.807) is 7.11 Å². The van der Waals surface area contributed by atoms with Gasteiger partial charge in [-0.15, -0.1) is 0 Å². The number of Topliss-reactive ketones (excluding diaryl/α,β-unsaturated/α-hetero) is 2. The molecular weight excluding hydrogens is 438 g/mol.